The van der Waals surface area contributed by atoms with Gasteiger partial charge in [-0.15, -0.1) is 0 Å². The average Bonchev–Trinajstić information content (AvgIpc) is 3.11. The summed E-state index contributed by atoms with van der Waals surface area (Å²) in [5.74, 6) is -4.98. The van der Waals surface area contributed by atoms with Crippen LogP contribution in [0.25, 0.3) is 0 Å². The van der Waals surface area contributed by atoms with Gasteiger partial charge in [-0.25, -0.2) is 9.59 Å². The molecule has 3 rings (SSSR count). The Labute approximate surface area is 177 Å². The van der Waals surface area contributed by atoms with Gasteiger partial charge < -0.3 is 24.2 Å². The summed E-state index contributed by atoms with van der Waals surface area (Å²) in [5, 5.41) is 21.0. The molecule has 2 aliphatic rings. The maximum atomic E-state index is 13.0. The third-order valence-electron chi connectivity index (χ3n) is 5.88. The molecule has 4 atom stereocenters. The second kappa shape index (κ2) is 7.99. The van der Waals surface area contributed by atoms with Gasteiger partial charge in [0.25, 0.3) is 5.69 Å². The molecule has 0 radical (unpaired) electrons. The van der Waals surface area contributed by atoms with Crippen LogP contribution in [-0.4, -0.2) is 65.4 Å². The fraction of sp³-hybridized carbons (Fsp3) is 0.450. The van der Waals surface area contributed by atoms with Crippen LogP contribution in [-0.2, 0) is 28.6 Å². The van der Waals surface area contributed by atoms with Crippen LogP contribution in [0.4, 0.5) is 5.69 Å². The number of methoxy groups -OCH3 is 2. The molecule has 31 heavy (non-hydrogen) atoms. The molecule has 0 aromatic heterocycles. The van der Waals surface area contributed by atoms with Gasteiger partial charge in [0.1, 0.15) is 5.92 Å². The number of aliphatic carboxylic acids is 1. The first-order valence-electron chi connectivity index (χ1n) is 9.35. The number of carbonyl (C=O) groups excluding carboxylic acids is 2. The first kappa shape index (κ1) is 22.2. The van der Waals surface area contributed by atoms with Crippen LogP contribution < -0.4 is 0 Å². The number of nitrogens with zero attached hydrogens (tertiary/aromatic N) is 2. The monoisotopic (exact) mass is 434 g/mol. The first-order chi connectivity index (χ1) is 14.6. The van der Waals surface area contributed by atoms with Gasteiger partial charge in [-0.2, -0.15) is 0 Å². The van der Waals surface area contributed by atoms with Crippen molar-refractivity contribution >= 4 is 23.6 Å². The fourth-order valence-electron chi connectivity index (χ4n) is 4.58. The van der Waals surface area contributed by atoms with Crippen LogP contribution in [0.3, 0.4) is 0 Å². The summed E-state index contributed by atoms with van der Waals surface area (Å²) in [6, 6.07) is 4.39. The number of carboxylic acid groups (broad SMARTS) is 1. The van der Waals surface area contributed by atoms with E-state index in [1.165, 1.54) is 30.0 Å². The standard InChI is InChI=1S/C20H22N2O9/c1-10-14(18(25)29-3)15(11-6-5-7-12(8-11)22(27)28)16(19(26)30-4)20(2)21(10)13(9-31-20)17(23)24/h5-8,13,15-16H,9H2,1-4H3,(H,23,24). The van der Waals surface area contributed by atoms with Crippen molar-refractivity contribution in [3.05, 3.63) is 51.2 Å². The number of hydrogen-bond acceptors (Lipinski definition) is 9. The van der Waals surface area contributed by atoms with Gasteiger partial charge in [-0.1, -0.05) is 12.1 Å². The van der Waals surface area contributed by atoms with Crippen molar-refractivity contribution in [2.45, 2.75) is 31.5 Å². The van der Waals surface area contributed by atoms with E-state index in [9.17, 15) is 29.6 Å². The van der Waals surface area contributed by atoms with Gasteiger partial charge in [0.05, 0.1) is 31.3 Å². The molecule has 1 fully saturated rings. The molecule has 1 aromatic carbocycles. The quantitative estimate of drug-likeness (QED) is 0.410. The number of fused-ring (bicyclic) bond motifs is 1. The van der Waals surface area contributed by atoms with Crippen molar-refractivity contribution in [1.82, 2.24) is 4.90 Å². The van der Waals surface area contributed by atoms with Gasteiger partial charge in [0.2, 0.25) is 0 Å². The van der Waals surface area contributed by atoms with E-state index >= 15 is 0 Å². The maximum absolute atomic E-state index is 13.0. The Bertz CT molecular complexity index is 989. The zero-order chi connectivity index (χ0) is 23.1. The molecular weight excluding hydrogens is 412 g/mol. The van der Waals surface area contributed by atoms with Crippen LogP contribution in [0.1, 0.15) is 25.3 Å². The summed E-state index contributed by atoms with van der Waals surface area (Å²) in [5.41, 5.74) is -1.16. The summed E-state index contributed by atoms with van der Waals surface area (Å²) in [7, 11) is 2.32. The number of non-ortho nitro benzene ring substituents is 1. The highest BCUT2D eigenvalue weighted by atomic mass is 16.6. The Hall–Kier alpha value is -3.47. The van der Waals surface area contributed by atoms with E-state index < -0.39 is 46.4 Å². The van der Waals surface area contributed by atoms with Crippen molar-refractivity contribution in [1.29, 1.82) is 0 Å². The number of rotatable bonds is 5. The Morgan fingerprint density at radius 1 is 1.29 bits per heavy atom. The molecule has 0 amide bonds. The summed E-state index contributed by atoms with van der Waals surface area (Å²) < 4.78 is 15.8. The largest absolute Gasteiger partial charge is 0.480 e. The third-order valence-corrected chi connectivity index (χ3v) is 5.88. The minimum Gasteiger partial charge on any atom is -0.480 e. The molecule has 11 nitrogen and oxygen atoms in total. The van der Waals surface area contributed by atoms with E-state index in [0.717, 1.165) is 14.2 Å². The molecule has 11 heteroatoms. The minimum atomic E-state index is -1.48. The highest BCUT2D eigenvalue weighted by Crippen LogP contribution is 2.52. The molecule has 1 N–H and O–H groups in total. The summed E-state index contributed by atoms with van der Waals surface area (Å²) in [6.45, 7) is 2.85. The molecule has 166 valence electrons. The number of allylic oxidation sites excluding steroid dienone is 1. The number of nitro groups is 1. The minimum absolute atomic E-state index is 0.00706. The Balaban J connectivity index is 2.35. The highest BCUT2D eigenvalue weighted by Gasteiger charge is 2.62. The van der Waals surface area contributed by atoms with E-state index in [1.807, 2.05) is 0 Å². The predicted molar refractivity (Wildman–Crippen MR) is 104 cm³/mol. The molecule has 2 heterocycles. The number of hydrogen-bond donors (Lipinski definition) is 1. The van der Waals surface area contributed by atoms with Gasteiger partial charge >= 0.3 is 17.9 Å². The van der Waals surface area contributed by atoms with Crippen LogP contribution in [0.15, 0.2) is 35.5 Å². The summed E-state index contributed by atoms with van der Waals surface area (Å²) >= 11 is 0. The Morgan fingerprint density at radius 2 is 1.97 bits per heavy atom. The molecule has 1 aromatic rings. The average molecular weight is 434 g/mol. The van der Waals surface area contributed by atoms with Gasteiger partial charge in [-0.05, 0) is 19.4 Å². The number of nitro benzene ring substituents is 1. The lowest BCUT2D eigenvalue weighted by Gasteiger charge is -2.49. The van der Waals surface area contributed by atoms with E-state index in [-0.39, 0.29) is 23.6 Å². The van der Waals surface area contributed by atoms with Crippen LogP contribution in [0.2, 0.25) is 0 Å². The molecule has 2 aliphatic heterocycles. The third kappa shape index (κ3) is 3.40. The van der Waals surface area contributed by atoms with E-state index in [4.69, 9.17) is 14.2 Å². The number of benzene rings is 1. The van der Waals surface area contributed by atoms with Crippen molar-refractivity contribution in [2.75, 3.05) is 20.8 Å². The zero-order valence-electron chi connectivity index (χ0n) is 17.4. The SMILES string of the molecule is COC(=O)C1=C(C)N2C(C(=O)O)COC2(C)C(C(=O)OC)C1c1cccc([N+](=O)[O-])c1. The van der Waals surface area contributed by atoms with Gasteiger partial charge in [-0.3, -0.25) is 14.9 Å². The van der Waals surface area contributed by atoms with Crippen molar-refractivity contribution in [3.63, 3.8) is 0 Å². The predicted octanol–water partition coefficient (Wildman–Crippen LogP) is 1.43. The lowest BCUT2D eigenvalue weighted by molar-refractivity contribution is -0.384. The van der Waals surface area contributed by atoms with E-state index in [0.29, 0.717) is 5.56 Å². The van der Waals surface area contributed by atoms with Gasteiger partial charge in [0.15, 0.2) is 11.8 Å². The molecular formula is C20H22N2O9. The van der Waals surface area contributed by atoms with Gasteiger partial charge in [0, 0.05) is 23.7 Å². The van der Waals surface area contributed by atoms with Crippen LogP contribution >= 0.6 is 0 Å². The number of esters is 2. The van der Waals surface area contributed by atoms with Crippen molar-refractivity contribution < 1.29 is 38.6 Å². The summed E-state index contributed by atoms with van der Waals surface area (Å²) in [6.07, 6.45) is 0. The van der Waals surface area contributed by atoms with Crippen LogP contribution in [0.5, 0.6) is 0 Å². The number of carbonyl (C=O) groups is 3. The lowest BCUT2D eigenvalue weighted by Crippen LogP contribution is -2.59. The Kier molecular flexibility index (Phi) is 5.72. The molecule has 0 aliphatic carbocycles. The summed E-state index contributed by atoms with van der Waals surface area (Å²) in [4.78, 5) is 49.8. The van der Waals surface area contributed by atoms with Crippen molar-refractivity contribution in [2.24, 2.45) is 5.92 Å². The van der Waals surface area contributed by atoms with Crippen molar-refractivity contribution in [3.8, 4) is 0 Å². The first-order valence-corrected chi connectivity index (χ1v) is 9.35. The molecule has 1 saturated heterocycles. The molecule has 4 unspecified atom stereocenters. The fourth-order valence-corrected chi connectivity index (χ4v) is 4.58. The normalized spacial score (nSPS) is 27.5. The van der Waals surface area contributed by atoms with E-state index in [2.05, 4.69) is 0 Å². The number of carboxylic acids is 1. The highest BCUT2D eigenvalue weighted by molar-refractivity contribution is 5.94. The Morgan fingerprint density at radius 3 is 2.52 bits per heavy atom. The molecule has 0 saturated carbocycles. The maximum Gasteiger partial charge on any atom is 0.336 e. The zero-order valence-corrected chi connectivity index (χ0v) is 17.4. The second-order valence-electron chi connectivity index (χ2n) is 7.41. The number of ether oxygens (including phenoxy) is 3. The molecule has 0 bridgehead atoms. The second-order valence-corrected chi connectivity index (χ2v) is 7.41. The van der Waals surface area contributed by atoms with Crippen LogP contribution in [0, 0.1) is 16.0 Å². The van der Waals surface area contributed by atoms with E-state index in [1.54, 1.807) is 13.0 Å². The lowest BCUT2D eigenvalue weighted by atomic mass is 9.71. The topological polar surface area (TPSA) is 146 Å². The smallest absolute Gasteiger partial charge is 0.336 e. The molecule has 0 spiro atoms.